The Kier molecular flexibility index (Phi) is 3.34. The first-order valence-electron chi connectivity index (χ1n) is 5.95. The molecule has 2 rings (SSSR count). The summed E-state index contributed by atoms with van der Waals surface area (Å²) in [5.41, 5.74) is 1.09. The van der Waals surface area contributed by atoms with E-state index < -0.39 is 11.7 Å². The van der Waals surface area contributed by atoms with Crippen molar-refractivity contribution in [3.63, 3.8) is 0 Å². The van der Waals surface area contributed by atoms with Crippen LogP contribution in [0.4, 0.5) is 5.69 Å². The van der Waals surface area contributed by atoms with Gasteiger partial charge in [0.2, 0.25) is 0 Å². The molecule has 0 saturated heterocycles. The minimum Gasteiger partial charge on any atom is -0.349 e. The van der Waals surface area contributed by atoms with E-state index in [4.69, 9.17) is 4.74 Å². The Morgan fingerprint density at radius 1 is 1.44 bits per heavy atom. The summed E-state index contributed by atoms with van der Waals surface area (Å²) >= 11 is 0. The summed E-state index contributed by atoms with van der Waals surface area (Å²) in [5, 5.41) is 2.87. The van der Waals surface area contributed by atoms with Crippen molar-refractivity contribution in [1.29, 1.82) is 0 Å². The molecular weight excluding hydrogens is 226 g/mol. The number of carbonyl (C=O) groups excluding carboxylic acids is 1. The summed E-state index contributed by atoms with van der Waals surface area (Å²) in [7, 11) is 0. The van der Waals surface area contributed by atoms with Gasteiger partial charge in [-0.05, 0) is 19.9 Å². The predicted octanol–water partition coefficient (Wildman–Crippen LogP) is 3.00. The van der Waals surface area contributed by atoms with Crippen LogP contribution in [0.2, 0.25) is 0 Å². The van der Waals surface area contributed by atoms with Gasteiger partial charge in [-0.1, -0.05) is 43.0 Å². The summed E-state index contributed by atoms with van der Waals surface area (Å²) in [4.78, 5) is 12.0. The molecule has 0 spiro atoms. The molecule has 3 heteroatoms. The zero-order valence-corrected chi connectivity index (χ0v) is 10.6. The number of nitrogens with one attached hydrogen (secondary N) is 1. The molecule has 2 unspecified atom stereocenters. The number of allylic oxidation sites excluding steroid dienone is 1. The van der Waals surface area contributed by atoms with Gasteiger partial charge < -0.3 is 10.1 Å². The first kappa shape index (κ1) is 12.6. The van der Waals surface area contributed by atoms with Crippen LogP contribution in [0.3, 0.4) is 0 Å². The number of hydrogen-bond donors (Lipinski definition) is 1. The van der Waals surface area contributed by atoms with Gasteiger partial charge >= 0.3 is 0 Å². The highest BCUT2D eigenvalue weighted by Crippen LogP contribution is 2.36. The van der Waals surface area contributed by atoms with Crippen molar-refractivity contribution in [2.45, 2.75) is 25.6 Å². The van der Waals surface area contributed by atoms with Gasteiger partial charge in [0, 0.05) is 11.3 Å². The number of para-hydroxylation sites is 1. The van der Waals surface area contributed by atoms with Crippen LogP contribution in [-0.4, -0.2) is 12.0 Å². The van der Waals surface area contributed by atoms with Gasteiger partial charge in [0.25, 0.3) is 5.91 Å². The van der Waals surface area contributed by atoms with Gasteiger partial charge in [-0.3, -0.25) is 4.79 Å². The minimum absolute atomic E-state index is 0.189. The van der Waals surface area contributed by atoms with Crippen LogP contribution in [0.15, 0.2) is 49.1 Å². The summed E-state index contributed by atoms with van der Waals surface area (Å²) < 4.78 is 5.91. The van der Waals surface area contributed by atoms with E-state index in [2.05, 4.69) is 11.9 Å². The molecule has 1 aromatic rings. The number of carbonyl (C=O) groups is 1. The van der Waals surface area contributed by atoms with E-state index in [0.717, 1.165) is 11.3 Å². The fraction of sp³-hybridized carbons (Fsp3) is 0.267. The Hall–Kier alpha value is -1.87. The van der Waals surface area contributed by atoms with Gasteiger partial charge in [0.1, 0.15) is 5.60 Å². The third-order valence-corrected chi connectivity index (χ3v) is 3.05. The maximum atomic E-state index is 12.0. The van der Waals surface area contributed by atoms with E-state index in [1.807, 2.05) is 50.3 Å². The van der Waals surface area contributed by atoms with Crippen molar-refractivity contribution in [2.75, 3.05) is 5.32 Å². The molecule has 0 aromatic heterocycles. The lowest BCUT2D eigenvalue weighted by Gasteiger charge is -2.28. The van der Waals surface area contributed by atoms with Crippen LogP contribution in [0.5, 0.6) is 0 Å². The fourth-order valence-corrected chi connectivity index (χ4v) is 2.21. The predicted molar refractivity (Wildman–Crippen MR) is 72.3 cm³/mol. The van der Waals surface area contributed by atoms with Crippen molar-refractivity contribution < 1.29 is 9.53 Å². The summed E-state index contributed by atoms with van der Waals surface area (Å²) in [5.74, 6) is -0.189. The molecular formula is C15H17NO2. The topological polar surface area (TPSA) is 38.3 Å². The number of amides is 1. The van der Waals surface area contributed by atoms with Crippen molar-refractivity contribution in [3.05, 3.63) is 54.6 Å². The molecule has 1 aromatic carbocycles. The van der Waals surface area contributed by atoms with Crippen LogP contribution in [0.1, 0.15) is 19.4 Å². The molecule has 0 bridgehead atoms. The molecule has 1 aliphatic rings. The molecule has 2 atom stereocenters. The third kappa shape index (κ3) is 2.09. The van der Waals surface area contributed by atoms with Gasteiger partial charge in [0.15, 0.2) is 6.10 Å². The van der Waals surface area contributed by atoms with Crippen LogP contribution in [-0.2, 0) is 15.1 Å². The van der Waals surface area contributed by atoms with Gasteiger partial charge in [-0.2, -0.15) is 0 Å². The molecule has 0 saturated carbocycles. The highest BCUT2D eigenvalue weighted by molar-refractivity contribution is 5.97. The number of fused-ring (bicyclic) bond motifs is 1. The lowest BCUT2D eigenvalue weighted by atomic mass is 9.93. The Bertz CT molecular complexity index is 507. The maximum absolute atomic E-state index is 12.0. The number of anilines is 1. The van der Waals surface area contributed by atoms with Gasteiger partial charge in [-0.15, -0.1) is 0 Å². The molecule has 0 fully saturated rings. The molecule has 1 amide bonds. The Morgan fingerprint density at radius 2 is 2.17 bits per heavy atom. The second-order valence-electron chi connectivity index (χ2n) is 4.42. The molecule has 1 aliphatic heterocycles. The average molecular weight is 243 g/mol. The standard InChI is InChI=1S/C15H17NO2/c1-4-10-15(3)11-8-6-7-9-12(11)16-14(17)13(5-2)18-15/h4-10,13H,2H2,1,3H3,(H,16,17)/b10-4+. The zero-order valence-electron chi connectivity index (χ0n) is 10.6. The van der Waals surface area contributed by atoms with Gasteiger partial charge in [-0.25, -0.2) is 0 Å². The third-order valence-electron chi connectivity index (χ3n) is 3.05. The second-order valence-corrected chi connectivity index (χ2v) is 4.42. The van der Waals surface area contributed by atoms with Crippen molar-refractivity contribution in [1.82, 2.24) is 0 Å². The molecule has 0 aliphatic carbocycles. The van der Waals surface area contributed by atoms with E-state index in [9.17, 15) is 4.79 Å². The maximum Gasteiger partial charge on any atom is 0.257 e. The summed E-state index contributed by atoms with van der Waals surface area (Å²) in [6, 6.07) is 7.67. The smallest absolute Gasteiger partial charge is 0.257 e. The van der Waals surface area contributed by atoms with Crippen molar-refractivity contribution in [2.24, 2.45) is 0 Å². The fourth-order valence-electron chi connectivity index (χ4n) is 2.21. The molecule has 3 nitrogen and oxygen atoms in total. The first-order chi connectivity index (χ1) is 8.60. The molecule has 0 radical (unpaired) electrons. The molecule has 1 heterocycles. The van der Waals surface area contributed by atoms with E-state index >= 15 is 0 Å². The largest absolute Gasteiger partial charge is 0.349 e. The summed E-state index contributed by atoms with van der Waals surface area (Å²) in [6.45, 7) is 7.53. The van der Waals surface area contributed by atoms with Crippen LogP contribution in [0.25, 0.3) is 0 Å². The van der Waals surface area contributed by atoms with E-state index in [1.54, 1.807) is 0 Å². The lowest BCUT2D eigenvalue weighted by Crippen LogP contribution is -2.32. The number of hydrogen-bond acceptors (Lipinski definition) is 2. The summed E-state index contributed by atoms with van der Waals surface area (Å²) in [6.07, 6.45) is 4.73. The Morgan fingerprint density at radius 3 is 2.83 bits per heavy atom. The zero-order chi connectivity index (χ0) is 13.2. The SMILES string of the molecule is C=CC1OC(C)(/C=C/C)c2ccccc2NC1=O. The molecule has 18 heavy (non-hydrogen) atoms. The Labute approximate surface area is 107 Å². The normalized spacial score (nSPS) is 27.4. The number of ether oxygens (including phenoxy) is 1. The highest BCUT2D eigenvalue weighted by atomic mass is 16.5. The number of rotatable bonds is 2. The average Bonchev–Trinajstić information content (AvgIpc) is 2.46. The minimum atomic E-state index is -0.654. The van der Waals surface area contributed by atoms with Gasteiger partial charge in [0.05, 0.1) is 0 Å². The van der Waals surface area contributed by atoms with Crippen molar-refractivity contribution in [3.8, 4) is 0 Å². The lowest BCUT2D eigenvalue weighted by molar-refractivity contribution is -0.130. The first-order valence-corrected chi connectivity index (χ1v) is 5.95. The monoisotopic (exact) mass is 243 g/mol. The molecule has 94 valence electrons. The second kappa shape index (κ2) is 4.78. The highest BCUT2D eigenvalue weighted by Gasteiger charge is 2.35. The van der Waals surface area contributed by atoms with Crippen LogP contribution < -0.4 is 5.32 Å². The van der Waals surface area contributed by atoms with Crippen LogP contribution >= 0.6 is 0 Å². The van der Waals surface area contributed by atoms with E-state index in [1.165, 1.54) is 6.08 Å². The Balaban J connectivity index is 2.58. The van der Waals surface area contributed by atoms with Crippen LogP contribution in [0, 0.1) is 0 Å². The quantitative estimate of drug-likeness (QED) is 0.811. The molecule has 1 N–H and O–H groups in total. The van der Waals surface area contributed by atoms with E-state index in [-0.39, 0.29) is 5.91 Å². The number of benzene rings is 1. The van der Waals surface area contributed by atoms with E-state index in [0.29, 0.717) is 0 Å². The van der Waals surface area contributed by atoms with Crippen molar-refractivity contribution >= 4 is 11.6 Å².